The van der Waals surface area contributed by atoms with Gasteiger partial charge in [0.15, 0.2) is 5.78 Å². The Morgan fingerprint density at radius 3 is 2.35 bits per heavy atom. The van der Waals surface area contributed by atoms with E-state index in [-0.39, 0.29) is 22.8 Å². The summed E-state index contributed by atoms with van der Waals surface area (Å²) in [5.41, 5.74) is 0.764. The van der Waals surface area contributed by atoms with Gasteiger partial charge < -0.3 is 5.11 Å². The van der Waals surface area contributed by atoms with E-state index in [1.807, 2.05) is 44.2 Å². The number of allylic oxidation sites excluding steroid dienone is 2. The van der Waals surface area contributed by atoms with E-state index in [1.54, 1.807) is 11.1 Å². The van der Waals surface area contributed by atoms with Crippen LogP contribution in [0.5, 0.6) is 5.88 Å². The van der Waals surface area contributed by atoms with Crippen LogP contribution in [0.3, 0.4) is 0 Å². The van der Waals surface area contributed by atoms with Crippen LogP contribution in [0.4, 0.5) is 0 Å². The van der Waals surface area contributed by atoms with Crippen LogP contribution in [-0.2, 0) is 18.9 Å². The molecule has 0 saturated carbocycles. The fourth-order valence-electron chi connectivity index (χ4n) is 4.41. The van der Waals surface area contributed by atoms with Crippen molar-refractivity contribution in [1.29, 1.82) is 0 Å². The summed E-state index contributed by atoms with van der Waals surface area (Å²) in [6, 6.07) is 9.50. The van der Waals surface area contributed by atoms with Crippen molar-refractivity contribution in [2.24, 2.45) is 24.6 Å². The first-order valence-electron chi connectivity index (χ1n) is 10.2. The van der Waals surface area contributed by atoms with Crippen LogP contribution in [0.25, 0.3) is 0 Å². The topological polar surface area (TPSA) is 96.9 Å². The zero-order valence-corrected chi connectivity index (χ0v) is 18.1. The summed E-state index contributed by atoms with van der Waals surface area (Å²) >= 11 is 0. The van der Waals surface area contributed by atoms with Gasteiger partial charge in [-0.2, -0.15) is 5.10 Å². The van der Waals surface area contributed by atoms with Crippen molar-refractivity contribution in [3.63, 3.8) is 0 Å². The lowest BCUT2D eigenvalue weighted by molar-refractivity contribution is -0.117. The van der Waals surface area contributed by atoms with Gasteiger partial charge in [0, 0.05) is 38.7 Å². The van der Waals surface area contributed by atoms with Crippen LogP contribution in [0.2, 0.25) is 0 Å². The third-order valence-corrected chi connectivity index (χ3v) is 5.95. The molecule has 162 valence electrons. The minimum absolute atomic E-state index is 0.00928. The van der Waals surface area contributed by atoms with E-state index in [4.69, 9.17) is 5.10 Å². The standard InChI is InChI=1S/C23H26N4O4/c1-23(2)12-15(10-16(28)13-23)27-18(14-8-6-5-7-9-14)11-17(24-27)19-20(29)25(3)22(31)26(4)21(19)30/h5-10,18,29H,11-13H2,1-4H3/t18-/m0/s1. The van der Waals surface area contributed by atoms with E-state index < -0.39 is 17.1 Å². The monoisotopic (exact) mass is 422 g/mol. The molecule has 0 fully saturated rings. The largest absolute Gasteiger partial charge is 0.494 e. The van der Waals surface area contributed by atoms with Gasteiger partial charge in [-0.1, -0.05) is 44.2 Å². The van der Waals surface area contributed by atoms with E-state index in [2.05, 4.69) is 0 Å². The second kappa shape index (κ2) is 7.37. The molecule has 1 aliphatic carbocycles. The van der Waals surface area contributed by atoms with Crippen LogP contribution in [-0.4, -0.2) is 30.7 Å². The van der Waals surface area contributed by atoms with E-state index in [0.717, 1.165) is 20.4 Å². The van der Waals surface area contributed by atoms with Crippen molar-refractivity contribution in [2.45, 2.75) is 39.2 Å². The van der Waals surface area contributed by atoms with Crippen molar-refractivity contribution < 1.29 is 9.90 Å². The van der Waals surface area contributed by atoms with Gasteiger partial charge in [0.2, 0.25) is 5.88 Å². The van der Waals surface area contributed by atoms with Gasteiger partial charge in [0.1, 0.15) is 5.56 Å². The maximum absolute atomic E-state index is 12.9. The highest BCUT2D eigenvalue weighted by Crippen LogP contribution is 2.42. The molecule has 31 heavy (non-hydrogen) atoms. The van der Waals surface area contributed by atoms with Crippen LogP contribution in [0.15, 0.2) is 56.8 Å². The van der Waals surface area contributed by atoms with Crippen LogP contribution >= 0.6 is 0 Å². The third-order valence-electron chi connectivity index (χ3n) is 5.95. The number of nitrogens with zero attached hydrogens (tertiary/aromatic N) is 4. The van der Waals surface area contributed by atoms with Crippen molar-refractivity contribution in [2.75, 3.05) is 0 Å². The molecule has 4 rings (SSSR count). The van der Waals surface area contributed by atoms with E-state index in [0.29, 0.717) is 25.0 Å². The molecule has 2 aromatic rings. The Kier molecular flexibility index (Phi) is 4.95. The minimum Gasteiger partial charge on any atom is -0.494 e. The Balaban J connectivity index is 1.87. The predicted molar refractivity (Wildman–Crippen MR) is 117 cm³/mol. The lowest BCUT2D eigenvalue weighted by Crippen LogP contribution is -2.39. The third kappa shape index (κ3) is 3.62. The molecule has 1 atom stereocenters. The quantitative estimate of drug-likeness (QED) is 0.818. The number of rotatable bonds is 3. The first-order valence-corrected chi connectivity index (χ1v) is 10.2. The van der Waals surface area contributed by atoms with Crippen molar-refractivity contribution >= 4 is 11.5 Å². The normalized spacial score (nSPS) is 20.6. The summed E-state index contributed by atoms with van der Waals surface area (Å²) in [5.74, 6) is -0.364. The summed E-state index contributed by atoms with van der Waals surface area (Å²) in [6.07, 6.45) is 3.12. The SMILES string of the molecule is Cn1c(O)c(C2=NN(C3=CC(=O)CC(C)(C)C3)[C@H](c3ccccc3)C2)c(=O)n(C)c1=O. The molecular formula is C23H26N4O4. The number of ketones is 1. The number of aromatic nitrogens is 2. The maximum atomic E-state index is 12.9. The highest BCUT2D eigenvalue weighted by Gasteiger charge is 2.38. The molecular weight excluding hydrogens is 396 g/mol. The smallest absolute Gasteiger partial charge is 0.333 e. The Hall–Kier alpha value is -3.42. The average Bonchev–Trinajstić information content (AvgIpc) is 3.15. The molecule has 2 aliphatic rings. The average molecular weight is 422 g/mol. The van der Waals surface area contributed by atoms with Crippen LogP contribution in [0.1, 0.15) is 50.3 Å². The molecule has 1 aromatic heterocycles. The molecule has 0 bridgehead atoms. The summed E-state index contributed by atoms with van der Waals surface area (Å²) in [5, 5.41) is 17.1. The Labute approximate surface area is 179 Å². The van der Waals surface area contributed by atoms with Gasteiger partial charge >= 0.3 is 5.69 Å². The molecule has 2 heterocycles. The van der Waals surface area contributed by atoms with Gasteiger partial charge in [-0.05, 0) is 17.4 Å². The number of hydrogen-bond donors (Lipinski definition) is 1. The summed E-state index contributed by atoms with van der Waals surface area (Å²) in [7, 11) is 2.79. The van der Waals surface area contributed by atoms with Gasteiger partial charge in [0.25, 0.3) is 5.56 Å². The fourth-order valence-corrected chi connectivity index (χ4v) is 4.41. The summed E-state index contributed by atoms with van der Waals surface area (Å²) in [6.45, 7) is 4.09. The lowest BCUT2D eigenvalue weighted by Gasteiger charge is -2.34. The first-order chi connectivity index (χ1) is 14.6. The molecule has 0 unspecified atom stereocenters. The summed E-state index contributed by atoms with van der Waals surface area (Å²) < 4.78 is 2.00. The van der Waals surface area contributed by atoms with Crippen molar-refractivity contribution in [3.05, 3.63) is 74.1 Å². The Bertz CT molecular complexity index is 1230. The molecule has 0 saturated heterocycles. The molecule has 0 radical (unpaired) electrons. The highest BCUT2D eigenvalue weighted by atomic mass is 16.3. The lowest BCUT2D eigenvalue weighted by atomic mass is 9.78. The molecule has 1 aromatic carbocycles. The van der Waals surface area contributed by atoms with Crippen LogP contribution in [0, 0.1) is 5.41 Å². The number of carbonyl (C=O) groups excluding carboxylic acids is 1. The minimum atomic E-state index is -0.608. The van der Waals surface area contributed by atoms with E-state index in [9.17, 15) is 19.5 Å². The van der Waals surface area contributed by atoms with Gasteiger partial charge in [0.05, 0.1) is 11.8 Å². The molecule has 0 amide bonds. The molecule has 8 heteroatoms. The van der Waals surface area contributed by atoms with Gasteiger partial charge in [-0.3, -0.25) is 23.7 Å². The van der Waals surface area contributed by atoms with Gasteiger partial charge in [-0.25, -0.2) is 4.79 Å². The number of hydrogen-bond acceptors (Lipinski definition) is 6. The number of benzene rings is 1. The van der Waals surface area contributed by atoms with Crippen molar-refractivity contribution in [1.82, 2.24) is 14.1 Å². The fraction of sp³-hybridized carbons (Fsp3) is 0.391. The molecule has 1 aliphatic heterocycles. The maximum Gasteiger partial charge on any atom is 0.333 e. The van der Waals surface area contributed by atoms with E-state index in [1.165, 1.54) is 14.1 Å². The Morgan fingerprint density at radius 2 is 1.71 bits per heavy atom. The molecule has 8 nitrogen and oxygen atoms in total. The van der Waals surface area contributed by atoms with Crippen molar-refractivity contribution in [3.8, 4) is 5.88 Å². The highest BCUT2D eigenvalue weighted by molar-refractivity contribution is 6.03. The number of aromatic hydroxyl groups is 1. The van der Waals surface area contributed by atoms with E-state index >= 15 is 0 Å². The Morgan fingerprint density at radius 1 is 1.03 bits per heavy atom. The molecule has 1 N–H and O–H groups in total. The predicted octanol–water partition coefficient (Wildman–Crippen LogP) is 2.21. The zero-order valence-electron chi connectivity index (χ0n) is 18.1. The van der Waals surface area contributed by atoms with Crippen LogP contribution < -0.4 is 11.2 Å². The second-order valence-corrected chi connectivity index (χ2v) is 9.05. The second-order valence-electron chi connectivity index (χ2n) is 9.05. The number of hydrazone groups is 1. The first kappa shape index (κ1) is 20.8. The number of carbonyl (C=O) groups is 1. The zero-order chi connectivity index (χ0) is 22.5. The van der Waals surface area contributed by atoms with Gasteiger partial charge in [-0.15, -0.1) is 0 Å². The summed E-state index contributed by atoms with van der Waals surface area (Å²) in [4.78, 5) is 37.4. The molecule has 0 spiro atoms.